The van der Waals surface area contributed by atoms with Gasteiger partial charge in [-0.3, -0.25) is 19.4 Å². The molecule has 3 heterocycles. The molecule has 2 aliphatic rings. The van der Waals surface area contributed by atoms with Crippen LogP contribution in [0.25, 0.3) is 0 Å². The van der Waals surface area contributed by atoms with Crippen LogP contribution < -0.4 is 10.2 Å². The predicted octanol–water partition coefficient (Wildman–Crippen LogP) is 4.16. The van der Waals surface area contributed by atoms with Gasteiger partial charge >= 0.3 is 0 Å². The molecule has 4 rings (SSSR count). The lowest BCUT2D eigenvalue weighted by atomic mass is 10.1. The van der Waals surface area contributed by atoms with Gasteiger partial charge in [0.25, 0.3) is 5.91 Å². The highest BCUT2D eigenvalue weighted by Gasteiger charge is 2.31. The minimum absolute atomic E-state index is 0.151. The molecular formula is C24H30ClN5O2. The average molecular weight is 456 g/mol. The van der Waals surface area contributed by atoms with Crippen molar-refractivity contribution in [1.82, 2.24) is 14.8 Å². The number of aromatic nitrogens is 1. The minimum Gasteiger partial charge on any atom is -0.319 e. The predicted molar refractivity (Wildman–Crippen MR) is 128 cm³/mol. The molecule has 8 heteroatoms. The Morgan fingerprint density at radius 3 is 2.97 bits per heavy atom. The number of likely N-dealkylation sites (N-methyl/N-ethyl adjacent to an activating group) is 1. The van der Waals surface area contributed by atoms with Crippen molar-refractivity contribution in [2.24, 2.45) is 0 Å². The highest BCUT2D eigenvalue weighted by atomic mass is 35.5. The summed E-state index contributed by atoms with van der Waals surface area (Å²) in [7, 11) is 4.17. The molecule has 2 aliphatic heterocycles. The van der Waals surface area contributed by atoms with Crippen LogP contribution in [-0.2, 0) is 4.79 Å². The van der Waals surface area contributed by atoms with Crippen molar-refractivity contribution >= 4 is 40.6 Å². The van der Waals surface area contributed by atoms with Crippen LogP contribution in [0, 0.1) is 0 Å². The van der Waals surface area contributed by atoms with Crippen molar-refractivity contribution in [3.8, 4) is 0 Å². The summed E-state index contributed by atoms with van der Waals surface area (Å²) in [5.41, 5.74) is 1.35. The molecule has 1 saturated heterocycles. The molecule has 0 saturated carbocycles. The Morgan fingerprint density at radius 2 is 2.12 bits per heavy atom. The van der Waals surface area contributed by atoms with Gasteiger partial charge in [0.1, 0.15) is 0 Å². The largest absolute Gasteiger partial charge is 0.319 e. The summed E-state index contributed by atoms with van der Waals surface area (Å²) in [6, 6.07) is 8.99. The number of anilines is 3. The van der Waals surface area contributed by atoms with Crippen LogP contribution in [0.4, 0.5) is 17.2 Å². The molecule has 0 spiro atoms. The van der Waals surface area contributed by atoms with Crippen LogP contribution >= 0.6 is 11.6 Å². The maximum atomic E-state index is 13.5. The van der Waals surface area contributed by atoms with E-state index in [4.69, 9.17) is 11.6 Å². The number of carbonyl (C=O) groups excluding carboxylic acids is 2. The normalized spacial score (nSPS) is 19.1. The smallest absolute Gasteiger partial charge is 0.257 e. The van der Waals surface area contributed by atoms with Crippen molar-refractivity contribution in [2.45, 2.75) is 38.1 Å². The summed E-state index contributed by atoms with van der Waals surface area (Å²) < 4.78 is 0. The minimum atomic E-state index is -0.286. The third-order valence-electron chi connectivity index (χ3n) is 6.36. The zero-order valence-electron chi connectivity index (χ0n) is 18.7. The van der Waals surface area contributed by atoms with Gasteiger partial charge in [-0.05, 0) is 76.8 Å². The number of benzene rings is 1. The number of carbonyl (C=O) groups is 2. The first kappa shape index (κ1) is 22.7. The highest BCUT2D eigenvalue weighted by molar-refractivity contribution is 6.31. The Bertz CT molecular complexity index is 998. The number of nitrogens with zero attached hydrogens (tertiary/aromatic N) is 4. The quantitative estimate of drug-likeness (QED) is 0.733. The van der Waals surface area contributed by atoms with Crippen molar-refractivity contribution in [3.63, 3.8) is 0 Å². The molecule has 2 aromatic rings. The number of pyridine rings is 1. The first-order valence-corrected chi connectivity index (χ1v) is 11.6. The van der Waals surface area contributed by atoms with Gasteiger partial charge in [-0.25, -0.2) is 4.98 Å². The Balaban J connectivity index is 1.54. The molecule has 1 aromatic heterocycles. The van der Waals surface area contributed by atoms with E-state index in [9.17, 15) is 9.59 Å². The number of amides is 2. The molecule has 7 nitrogen and oxygen atoms in total. The van der Waals surface area contributed by atoms with Crippen LogP contribution in [0.15, 0.2) is 36.5 Å². The maximum absolute atomic E-state index is 13.5. The number of likely N-dealkylation sites (tertiary alicyclic amines) is 1. The Morgan fingerprint density at radius 1 is 1.28 bits per heavy atom. The fourth-order valence-electron chi connectivity index (χ4n) is 4.55. The van der Waals surface area contributed by atoms with E-state index in [0.717, 1.165) is 19.5 Å². The molecule has 1 atom stereocenters. The fraction of sp³-hybridized carbons (Fsp3) is 0.458. The van der Waals surface area contributed by atoms with E-state index in [1.165, 1.54) is 30.6 Å². The van der Waals surface area contributed by atoms with E-state index < -0.39 is 0 Å². The molecule has 32 heavy (non-hydrogen) atoms. The molecule has 1 N–H and O–H groups in total. The van der Waals surface area contributed by atoms with Crippen molar-refractivity contribution < 1.29 is 9.59 Å². The number of hydrogen-bond donors (Lipinski definition) is 1. The van der Waals surface area contributed by atoms with Crippen molar-refractivity contribution in [2.75, 3.05) is 43.9 Å². The standard InChI is InChI=1S/C24H30ClN5O2/c1-28(14-11-18-7-4-3-5-13-29(18)2)16-22(31)30-21-15-17(25)9-10-19(21)24(32)27-20-8-6-12-26-23(20)30/h6,8-10,12,15,18H,3-5,7,11,13-14,16H2,1-2H3,(H,27,32). The molecule has 170 valence electrons. The van der Waals surface area contributed by atoms with E-state index in [0.29, 0.717) is 33.8 Å². The van der Waals surface area contributed by atoms with E-state index in [1.807, 2.05) is 11.9 Å². The molecular weight excluding hydrogens is 426 g/mol. The molecule has 1 aromatic carbocycles. The first-order valence-electron chi connectivity index (χ1n) is 11.2. The monoisotopic (exact) mass is 455 g/mol. The third kappa shape index (κ3) is 4.95. The average Bonchev–Trinajstić information content (AvgIpc) is 3.03. The number of nitrogens with one attached hydrogen (secondary N) is 1. The van der Waals surface area contributed by atoms with E-state index in [2.05, 4.69) is 22.2 Å². The zero-order chi connectivity index (χ0) is 22.7. The summed E-state index contributed by atoms with van der Waals surface area (Å²) >= 11 is 6.24. The van der Waals surface area contributed by atoms with Crippen molar-refractivity contribution in [1.29, 1.82) is 0 Å². The number of hydrogen-bond acceptors (Lipinski definition) is 5. The van der Waals surface area contributed by atoms with Gasteiger partial charge in [0.05, 0.1) is 23.5 Å². The van der Waals surface area contributed by atoms with Crippen LogP contribution in [-0.4, -0.2) is 66.4 Å². The fourth-order valence-corrected chi connectivity index (χ4v) is 4.71. The Kier molecular flexibility index (Phi) is 7.08. The van der Waals surface area contributed by atoms with Crippen LogP contribution in [0.1, 0.15) is 42.5 Å². The molecule has 0 radical (unpaired) electrons. The summed E-state index contributed by atoms with van der Waals surface area (Å²) in [4.78, 5) is 36.7. The molecule has 2 amide bonds. The van der Waals surface area contributed by atoms with Gasteiger partial charge in [0, 0.05) is 17.3 Å². The lowest BCUT2D eigenvalue weighted by Gasteiger charge is -2.29. The van der Waals surface area contributed by atoms with Gasteiger partial charge < -0.3 is 10.2 Å². The van der Waals surface area contributed by atoms with Crippen LogP contribution in [0.3, 0.4) is 0 Å². The Labute approximate surface area is 194 Å². The second-order valence-electron chi connectivity index (χ2n) is 8.73. The molecule has 1 fully saturated rings. The second-order valence-corrected chi connectivity index (χ2v) is 9.17. The number of rotatable bonds is 5. The second kappa shape index (κ2) is 9.98. The third-order valence-corrected chi connectivity index (χ3v) is 6.60. The highest BCUT2D eigenvalue weighted by Crippen LogP contribution is 2.37. The summed E-state index contributed by atoms with van der Waals surface area (Å²) in [5, 5.41) is 3.31. The SMILES string of the molecule is CN(CCC1CCCCCN1C)CC(=O)N1c2cc(Cl)ccc2C(=O)Nc2cccnc21. The van der Waals surface area contributed by atoms with E-state index >= 15 is 0 Å². The van der Waals surface area contributed by atoms with Crippen LogP contribution in [0.5, 0.6) is 0 Å². The molecule has 0 bridgehead atoms. The van der Waals surface area contributed by atoms with Crippen molar-refractivity contribution in [3.05, 3.63) is 47.1 Å². The van der Waals surface area contributed by atoms with Gasteiger partial charge in [0.2, 0.25) is 5.91 Å². The lowest BCUT2D eigenvalue weighted by molar-refractivity contribution is -0.118. The van der Waals surface area contributed by atoms with E-state index in [-0.39, 0.29) is 18.4 Å². The van der Waals surface area contributed by atoms with Crippen LogP contribution in [0.2, 0.25) is 5.02 Å². The zero-order valence-corrected chi connectivity index (χ0v) is 19.4. The number of fused-ring (bicyclic) bond motifs is 2. The summed E-state index contributed by atoms with van der Waals surface area (Å²) in [5.74, 6) is -0.0311. The first-order chi connectivity index (χ1) is 15.4. The topological polar surface area (TPSA) is 68.8 Å². The van der Waals surface area contributed by atoms with Gasteiger partial charge in [-0.1, -0.05) is 24.4 Å². The summed E-state index contributed by atoms with van der Waals surface area (Å²) in [6.07, 6.45) is 7.68. The molecule has 1 unspecified atom stereocenters. The molecule has 0 aliphatic carbocycles. The van der Waals surface area contributed by atoms with E-state index in [1.54, 1.807) is 36.5 Å². The Hall–Kier alpha value is -2.48. The van der Waals surface area contributed by atoms with Gasteiger partial charge in [-0.15, -0.1) is 0 Å². The van der Waals surface area contributed by atoms with Gasteiger partial charge in [0.15, 0.2) is 5.82 Å². The lowest BCUT2D eigenvalue weighted by Crippen LogP contribution is -2.39. The maximum Gasteiger partial charge on any atom is 0.257 e. The number of halogens is 1. The van der Waals surface area contributed by atoms with Gasteiger partial charge in [-0.2, -0.15) is 0 Å². The summed E-state index contributed by atoms with van der Waals surface area (Å²) in [6.45, 7) is 2.18.